The molecule has 0 aliphatic heterocycles. The summed E-state index contributed by atoms with van der Waals surface area (Å²) >= 11 is 0. The first-order valence-corrected chi connectivity index (χ1v) is 6.59. The highest BCUT2D eigenvalue weighted by Gasteiger charge is 2.16. The summed E-state index contributed by atoms with van der Waals surface area (Å²) < 4.78 is 9.82. The number of aromatic nitrogens is 1. The van der Waals surface area contributed by atoms with Gasteiger partial charge in [0.1, 0.15) is 5.75 Å². The van der Waals surface area contributed by atoms with Crippen molar-refractivity contribution < 1.29 is 19.1 Å². The summed E-state index contributed by atoms with van der Waals surface area (Å²) in [6, 6.07) is 8.20. The predicted molar refractivity (Wildman–Crippen MR) is 79.7 cm³/mol. The van der Waals surface area contributed by atoms with Crippen LogP contribution < -0.4 is 10.1 Å². The van der Waals surface area contributed by atoms with Gasteiger partial charge in [-0.1, -0.05) is 6.07 Å². The molecule has 1 heterocycles. The van der Waals surface area contributed by atoms with Crippen molar-refractivity contribution in [3.8, 4) is 5.75 Å². The average molecular weight is 300 g/mol. The third-order valence-corrected chi connectivity index (χ3v) is 3.04. The van der Waals surface area contributed by atoms with Gasteiger partial charge in [-0.25, -0.2) is 4.79 Å². The highest BCUT2D eigenvalue weighted by molar-refractivity contribution is 6.00. The minimum absolute atomic E-state index is 0.272. The fourth-order valence-corrected chi connectivity index (χ4v) is 1.91. The first-order chi connectivity index (χ1) is 10.7. The van der Waals surface area contributed by atoms with Gasteiger partial charge >= 0.3 is 5.97 Å². The number of nitrogens with one attached hydrogen (secondary N) is 1. The first-order valence-electron chi connectivity index (χ1n) is 6.59. The number of hydrogen-bond donors (Lipinski definition) is 1. The Hall–Kier alpha value is -2.89. The third kappa shape index (κ3) is 3.60. The minimum atomic E-state index is -0.510. The largest absolute Gasteiger partial charge is 0.496 e. The Balaban J connectivity index is 2.18. The molecule has 1 N–H and O–H groups in total. The fraction of sp³-hybridized carbons (Fsp3) is 0.188. The molecule has 1 aromatic carbocycles. The number of rotatable bonds is 5. The standard InChI is InChI=1S/C16H16N2O4/c1-21-14-6-5-12(16(20)22-2)8-13(14)15(19)18-10-11-4-3-7-17-9-11/h3-9H,10H2,1-2H3,(H,18,19). The molecule has 0 fully saturated rings. The molecule has 1 aromatic heterocycles. The molecular weight excluding hydrogens is 284 g/mol. The third-order valence-electron chi connectivity index (χ3n) is 3.04. The van der Waals surface area contributed by atoms with Crippen LogP contribution in [0, 0.1) is 0 Å². The van der Waals surface area contributed by atoms with Gasteiger partial charge in [0.2, 0.25) is 0 Å². The lowest BCUT2D eigenvalue weighted by molar-refractivity contribution is 0.0600. The van der Waals surface area contributed by atoms with E-state index in [1.807, 2.05) is 6.07 Å². The van der Waals surface area contributed by atoms with Crippen LogP contribution >= 0.6 is 0 Å². The summed E-state index contributed by atoms with van der Waals surface area (Å²) in [7, 11) is 2.75. The van der Waals surface area contributed by atoms with Gasteiger partial charge in [0.15, 0.2) is 0 Å². The molecular formula is C16H16N2O4. The number of benzene rings is 1. The monoisotopic (exact) mass is 300 g/mol. The van der Waals surface area contributed by atoms with Crippen molar-refractivity contribution in [1.82, 2.24) is 10.3 Å². The quantitative estimate of drug-likeness (QED) is 0.852. The maximum atomic E-state index is 12.3. The zero-order valence-electron chi connectivity index (χ0n) is 12.3. The molecule has 2 aromatic rings. The van der Waals surface area contributed by atoms with Crippen LogP contribution in [0.3, 0.4) is 0 Å². The molecule has 0 radical (unpaired) electrons. The molecule has 22 heavy (non-hydrogen) atoms. The Kier molecular flexibility index (Phi) is 5.08. The van der Waals surface area contributed by atoms with E-state index in [1.165, 1.54) is 20.3 Å². The maximum absolute atomic E-state index is 12.3. The molecule has 0 bridgehead atoms. The normalized spacial score (nSPS) is 9.91. The molecule has 0 aliphatic carbocycles. The number of pyridine rings is 1. The van der Waals surface area contributed by atoms with E-state index >= 15 is 0 Å². The Morgan fingerprint density at radius 3 is 2.68 bits per heavy atom. The van der Waals surface area contributed by atoms with Gasteiger partial charge in [0, 0.05) is 18.9 Å². The number of hydrogen-bond acceptors (Lipinski definition) is 5. The van der Waals surface area contributed by atoms with Crippen LogP contribution in [0.1, 0.15) is 26.3 Å². The summed E-state index contributed by atoms with van der Waals surface area (Å²) in [4.78, 5) is 27.8. The fourth-order valence-electron chi connectivity index (χ4n) is 1.91. The van der Waals surface area contributed by atoms with E-state index in [-0.39, 0.29) is 17.0 Å². The van der Waals surface area contributed by atoms with E-state index in [0.717, 1.165) is 5.56 Å². The number of carbonyl (C=O) groups excluding carboxylic acids is 2. The van der Waals surface area contributed by atoms with Crippen molar-refractivity contribution in [2.24, 2.45) is 0 Å². The predicted octanol–water partition coefficient (Wildman–Crippen LogP) is 1.81. The maximum Gasteiger partial charge on any atom is 0.337 e. The van der Waals surface area contributed by atoms with E-state index in [1.54, 1.807) is 30.6 Å². The molecule has 0 aliphatic rings. The van der Waals surface area contributed by atoms with Gasteiger partial charge in [-0.3, -0.25) is 9.78 Å². The number of nitrogens with zero attached hydrogens (tertiary/aromatic N) is 1. The molecule has 0 unspecified atom stereocenters. The zero-order chi connectivity index (χ0) is 15.9. The van der Waals surface area contributed by atoms with E-state index < -0.39 is 5.97 Å². The molecule has 114 valence electrons. The first kappa shape index (κ1) is 15.5. The van der Waals surface area contributed by atoms with Crippen molar-refractivity contribution in [1.29, 1.82) is 0 Å². The summed E-state index contributed by atoms with van der Waals surface area (Å²) in [5, 5.41) is 2.76. The lowest BCUT2D eigenvalue weighted by atomic mass is 10.1. The van der Waals surface area contributed by atoms with Gasteiger partial charge < -0.3 is 14.8 Å². The number of methoxy groups -OCH3 is 2. The molecule has 0 saturated heterocycles. The van der Waals surface area contributed by atoms with Gasteiger partial charge in [-0.05, 0) is 29.8 Å². The van der Waals surface area contributed by atoms with Crippen LogP contribution in [0.15, 0.2) is 42.7 Å². The van der Waals surface area contributed by atoms with E-state index in [2.05, 4.69) is 15.0 Å². The molecule has 0 saturated carbocycles. The Bertz CT molecular complexity index is 671. The number of carbonyl (C=O) groups is 2. The Labute approximate surface area is 128 Å². The van der Waals surface area contributed by atoms with E-state index in [9.17, 15) is 9.59 Å². The van der Waals surface area contributed by atoms with Crippen molar-refractivity contribution in [2.75, 3.05) is 14.2 Å². The number of amides is 1. The molecule has 0 spiro atoms. The highest BCUT2D eigenvalue weighted by atomic mass is 16.5. The van der Waals surface area contributed by atoms with Crippen molar-refractivity contribution in [2.45, 2.75) is 6.54 Å². The van der Waals surface area contributed by atoms with Crippen LogP contribution in [0.4, 0.5) is 0 Å². The molecule has 6 heteroatoms. The Morgan fingerprint density at radius 2 is 2.05 bits per heavy atom. The highest BCUT2D eigenvalue weighted by Crippen LogP contribution is 2.20. The lowest BCUT2D eigenvalue weighted by Crippen LogP contribution is -2.23. The Morgan fingerprint density at radius 1 is 1.23 bits per heavy atom. The lowest BCUT2D eigenvalue weighted by Gasteiger charge is -2.10. The average Bonchev–Trinajstić information content (AvgIpc) is 2.59. The van der Waals surface area contributed by atoms with E-state index in [4.69, 9.17) is 4.74 Å². The number of ether oxygens (including phenoxy) is 2. The van der Waals surface area contributed by atoms with Crippen LogP contribution in [-0.2, 0) is 11.3 Å². The topological polar surface area (TPSA) is 77.5 Å². The second-order valence-corrected chi connectivity index (χ2v) is 4.45. The van der Waals surface area contributed by atoms with Crippen molar-refractivity contribution in [3.63, 3.8) is 0 Å². The molecule has 2 rings (SSSR count). The van der Waals surface area contributed by atoms with Crippen LogP contribution in [-0.4, -0.2) is 31.1 Å². The van der Waals surface area contributed by atoms with Crippen LogP contribution in [0.5, 0.6) is 5.75 Å². The van der Waals surface area contributed by atoms with Crippen molar-refractivity contribution in [3.05, 3.63) is 59.4 Å². The van der Waals surface area contributed by atoms with E-state index in [0.29, 0.717) is 12.3 Å². The van der Waals surface area contributed by atoms with Gasteiger partial charge in [-0.2, -0.15) is 0 Å². The smallest absolute Gasteiger partial charge is 0.337 e. The molecule has 6 nitrogen and oxygen atoms in total. The minimum Gasteiger partial charge on any atom is -0.496 e. The summed E-state index contributed by atoms with van der Waals surface area (Å²) in [5.74, 6) is -0.466. The van der Waals surface area contributed by atoms with Crippen LogP contribution in [0.2, 0.25) is 0 Å². The van der Waals surface area contributed by atoms with Crippen LogP contribution in [0.25, 0.3) is 0 Å². The molecule has 1 amide bonds. The SMILES string of the molecule is COC(=O)c1ccc(OC)c(C(=O)NCc2cccnc2)c1. The van der Waals surface area contributed by atoms with Gasteiger partial charge in [-0.15, -0.1) is 0 Å². The number of esters is 1. The summed E-state index contributed by atoms with van der Waals surface area (Å²) in [6.45, 7) is 0.332. The van der Waals surface area contributed by atoms with Gasteiger partial charge in [0.05, 0.1) is 25.3 Å². The van der Waals surface area contributed by atoms with Gasteiger partial charge in [0.25, 0.3) is 5.91 Å². The van der Waals surface area contributed by atoms with Crippen molar-refractivity contribution >= 4 is 11.9 Å². The summed E-state index contributed by atoms with van der Waals surface area (Å²) in [6.07, 6.45) is 3.33. The summed E-state index contributed by atoms with van der Waals surface area (Å²) in [5.41, 5.74) is 1.43. The second-order valence-electron chi connectivity index (χ2n) is 4.45. The molecule has 0 atom stereocenters. The second kappa shape index (κ2) is 7.21. The zero-order valence-corrected chi connectivity index (χ0v) is 12.3.